The molecule has 1 aliphatic rings. The van der Waals surface area contributed by atoms with E-state index in [9.17, 15) is 4.79 Å². The van der Waals surface area contributed by atoms with E-state index in [2.05, 4.69) is 10.3 Å². The van der Waals surface area contributed by atoms with Crippen LogP contribution in [0.1, 0.15) is 28.9 Å². The molecule has 1 amide bonds. The molecule has 1 fully saturated rings. The molecule has 0 aliphatic carbocycles. The minimum absolute atomic E-state index is 0. The number of amides is 1. The molecule has 0 radical (unpaired) electrons. The summed E-state index contributed by atoms with van der Waals surface area (Å²) in [4.78, 5) is 16.1. The minimum atomic E-state index is -0.0148. The van der Waals surface area contributed by atoms with Crippen molar-refractivity contribution < 1.29 is 4.79 Å². The van der Waals surface area contributed by atoms with Crippen LogP contribution in [0.5, 0.6) is 0 Å². The molecule has 0 aromatic carbocycles. The largest absolute Gasteiger partial charge is 0.349 e. The average Bonchev–Trinajstić information content (AvgIpc) is 2.40. The lowest BCUT2D eigenvalue weighted by Gasteiger charge is -2.22. The molecule has 0 saturated carbocycles. The summed E-state index contributed by atoms with van der Waals surface area (Å²) < 4.78 is 0. The van der Waals surface area contributed by atoms with Gasteiger partial charge in [-0.3, -0.25) is 9.78 Å². The molecule has 1 aromatic rings. The quantitative estimate of drug-likeness (QED) is 0.886. The maximum Gasteiger partial charge on any atom is 0.251 e. The summed E-state index contributed by atoms with van der Waals surface area (Å²) in [5, 5.41) is 3.07. The first-order valence-electron chi connectivity index (χ1n) is 5.83. The summed E-state index contributed by atoms with van der Waals surface area (Å²) in [5.74, 6) is 2.25. The molecule has 0 bridgehead atoms. The molecule has 0 unspecified atom stereocenters. The number of rotatable bonds is 3. The van der Waals surface area contributed by atoms with Crippen LogP contribution in [0.4, 0.5) is 0 Å². The highest BCUT2D eigenvalue weighted by molar-refractivity contribution is 7.99. The highest BCUT2D eigenvalue weighted by Gasteiger charge is 2.16. The third-order valence-corrected chi connectivity index (χ3v) is 3.89. The second kappa shape index (κ2) is 7.61. The second-order valence-electron chi connectivity index (χ2n) is 4.10. The van der Waals surface area contributed by atoms with Gasteiger partial charge in [-0.1, -0.05) is 0 Å². The zero-order valence-electron chi connectivity index (χ0n) is 10.1. The smallest absolute Gasteiger partial charge is 0.251 e. The fraction of sp³-hybridized carbons (Fsp3) is 0.500. The highest BCUT2D eigenvalue weighted by Crippen LogP contribution is 2.17. The van der Waals surface area contributed by atoms with E-state index < -0.39 is 0 Å². The number of hydrogen-bond donors (Lipinski definition) is 2. The van der Waals surface area contributed by atoms with Crippen molar-refractivity contribution in [3.8, 4) is 0 Å². The number of hydrogen-bond acceptors (Lipinski definition) is 4. The maximum atomic E-state index is 12.0. The lowest BCUT2D eigenvalue weighted by Crippen LogP contribution is -2.37. The number of nitrogens with two attached hydrogens (primary N) is 1. The molecule has 1 aromatic heterocycles. The predicted octanol–water partition coefficient (Wildman–Crippen LogP) is 1.59. The first kappa shape index (κ1) is 15.3. The lowest BCUT2D eigenvalue weighted by atomic mass is 10.1. The SMILES string of the molecule is Cl.NCc1cc(C(=O)NC2CCSCC2)ccn1. The average molecular weight is 288 g/mol. The normalized spacial score (nSPS) is 15.8. The van der Waals surface area contributed by atoms with Crippen LogP contribution >= 0.6 is 24.2 Å². The van der Waals surface area contributed by atoms with Gasteiger partial charge in [0.25, 0.3) is 5.91 Å². The summed E-state index contributed by atoms with van der Waals surface area (Å²) in [6.07, 6.45) is 3.75. The van der Waals surface area contributed by atoms with E-state index in [1.165, 1.54) is 0 Å². The van der Waals surface area contributed by atoms with Gasteiger partial charge in [-0.2, -0.15) is 11.8 Å². The fourth-order valence-electron chi connectivity index (χ4n) is 1.84. The number of thioether (sulfide) groups is 1. The molecule has 6 heteroatoms. The Labute approximate surface area is 118 Å². The van der Waals surface area contributed by atoms with E-state index in [0.717, 1.165) is 30.0 Å². The number of nitrogens with one attached hydrogen (secondary N) is 1. The van der Waals surface area contributed by atoms with Crippen LogP contribution in [-0.2, 0) is 6.54 Å². The van der Waals surface area contributed by atoms with Crippen molar-refractivity contribution in [1.29, 1.82) is 0 Å². The number of halogens is 1. The summed E-state index contributed by atoms with van der Waals surface area (Å²) in [6.45, 7) is 0.362. The van der Waals surface area contributed by atoms with E-state index in [1.54, 1.807) is 18.3 Å². The zero-order valence-corrected chi connectivity index (χ0v) is 11.7. The van der Waals surface area contributed by atoms with Crippen molar-refractivity contribution in [2.45, 2.75) is 25.4 Å². The molecule has 2 heterocycles. The van der Waals surface area contributed by atoms with Gasteiger partial charge in [-0.05, 0) is 36.5 Å². The maximum absolute atomic E-state index is 12.0. The van der Waals surface area contributed by atoms with Gasteiger partial charge >= 0.3 is 0 Å². The molecule has 1 aliphatic heterocycles. The topological polar surface area (TPSA) is 68.0 Å². The van der Waals surface area contributed by atoms with Crippen molar-refractivity contribution >= 4 is 30.1 Å². The Hall–Kier alpha value is -0.780. The van der Waals surface area contributed by atoms with Gasteiger partial charge in [0, 0.05) is 24.3 Å². The molecule has 100 valence electrons. The second-order valence-corrected chi connectivity index (χ2v) is 5.32. The van der Waals surface area contributed by atoms with Crippen LogP contribution in [0, 0.1) is 0 Å². The van der Waals surface area contributed by atoms with Crippen molar-refractivity contribution in [3.63, 3.8) is 0 Å². The van der Waals surface area contributed by atoms with Crippen LogP contribution in [0.3, 0.4) is 0 Å². The van der Waals surface area contributed by atoms with Crippen molar-refractivity contribution in [3.05, 3.63) is 29.6 Å². The summed E-state index contributed by atoms with van der Waals surface area (Å²) in [5.41, 5.74) is 6.90. The van der Waals surface area contributed by atoms with Crippen molar-refractivity contribution in [2.24, 2.45) is 5.73 Å². The van der Waals surface area contributed by atoms with Crippen LogP contribution in [0.15, 0.2) is 18.3 Å². The van der Waals surface area contributed by atoms with E-state index >= 15 is 0 Å². The predicted molar refractivity (Wildman–Crippen MR) is 77.2 cm³/mol. The van der Waals surface area contributed by atoms with Gasteiger partial charge in [0.1, 0.15) is 0 Å². The van der Waals surface area contributed by atoms with E-state index in [0.29, 0.717) is 18.2 Å². The zero-order chi connectivity index (χ0) is 12.1. The third kappa shape index (κ3) is 4.15. The Morgan fingerprint density at radius 1 is 1.50 bits per heavy atom. The Balaban J connectivity index is 0.00000162. The number of nitrogens with zero attached hydrogens (tertiary/aromatic N) is 1. The Morgan fingerprint density at radius 2 is 2.22 bits per heavy atom. The molecule has 0 spiro atoms. The summed E-state index contributed by atoms with van der Waals surface area (Å²) >= 11 is 1.95. The molecule has 2 rings (SSSR count). The standard InChI is InChI=1S/C12H17N3OS.ClH/c13-8-11-7-9(1-4-14-11)12(16)15-10-2-5-17-6-3-10;/h1,4,7,10H,2-3,5-6,8,13H2,(H,15,16);1H. The third-order valence-electron chi connectivity index (χ3n) is 2.84. The molecule has 1 saturated heterocycles. The van der Waals surface area contributed by atoms with Crippen molar-refractivity contribution in [2.75, 3.05) is 11.5 Å². The first-order chi connectivity index (χ1) is 8.29. The minimum Gasteiger partial charge on any atom is -0.349 e. The number of carbonyl (C=O) groups excluding carboxylic acids is 1. The van der Waals surface area contributed by atoms with Gasteiger partial charge in [0.2, 0.25) is 0 Å². The number of pyridine rings is 1. The number of carbonyl (C=O) groups is 1. The van der Waals surface area contributed by atoms with Crippen LogP contribution in [0.25, 0.3) is 0 Å². The van der Waals surface area contributed by atoms with Crippen LogP contribution in [0.2, 0.25) is 0 Å². The molecular formula is C12H18ClN3OS. The van der Waals surface area contributed by atoms with Gasteiger partial charge in [0.15, 0.2) is 0 Å². The molecule has 4 nitrogen and oxygen atoms in total. The molecule has 0 atom stereocenters. The van der Waals surface area contributed by atoms with E-state index in [-0.39, 0.29) is 18.3 Å². The first-order valence-corrected chi connectivity index (χ1v) is 6.98. The Bertz CT molecular complexity index is 397. The van der Waals surface area contributed by atoms with E-state index in [1.807, 2.05) is 11.8 Å². The van der Waals surface area contributed by atoms with E-state index in [4.69, 9.17) is 5.73 Å². The van der Waals surface area contributed by atoms with Gasteiger partial charge in [-0.15, -0.1) is 12.4 Å². The van der Waals surface area contributed by atoms with Crippen LogP contribution < -0.4 is 11.1 Å². The molecular weight excluding hydrogens is 270 g/mol. The monoisotopic (exact) mass is 287 g/mol. The summed E-state index contributed by atoms with van der Waals surface area (Å²) in [7, 11) is 0. The highest BCUT2D eigenvalue weighted by atomic mass is 35.5. The van der Waals surface area contributed by atoms with Crippen molar-refractivity contribution in [1.82, 2.24) is 10.3 Å². The lowest BCUT2D eigenvalue weighted by molar-refractivity contribution is 0.0934. The molecule has 3 N–H and O–H groups in total. The van der Waals surface area contributed by atoms with Gasteiger partial charge in [-0.25, -0.2) is 0 Å². The molecule has 18 heavy (non-hydrogen) atoms. The summed E-state index contributed by atoms with van der Waals surface area (Å²) in [6, 6.07) is 3.80. The number of aromatic nitrogens is 1. The Morgan fingerprint density at radius 3 is 2.89 bits per heavy atom. The Kier molecular flexibility index (Phi) is 6.46. The fourth-order valence-corrected chi connectivity index (χ4v) is 2.95. The van der Waals surface area contributed by atoms with Crippen LogP contribution in [-0.4, -0.2) is 28.4 Å². The van der Waals surface area contributed by atoms with Gasteiger partial charge in [0.05, 0.1) is 5.69 Å². The van der Waals surface area contributed by atoms with Gasteiger partial charge < -0.3 is 11.1 Å².